The fraction of sp³-hybridized carbons (Fsp3) is 0.500. The molecule has 1 aliphatic heterocycles. The van der Waals surface area contributed by atoms with Crippen molar-refractivity contribution in [3.63, 3.8) is 0 Å². The first-order valence-corrected chi connectivity index (χ1v) is 11.2. The van der Waals surface area contributed by atoms with E-state index in [0.29, 0.717) is 44.9 Å². The second kappa shape index (κ2) is 8.96. The van der Waals surface area contributed by atoms with Crippen LogP contribution in [0.4, 0.5) is 0 Å². The zero-order chi connectivity index (χ0) is 21.0. The predicted molar refractivity (Wildman–Crippen MR) is 109 cm³/mol. The molecule has 0 spiro atoms. The molecule has 1 amide bonds. The molecule has 0 N–H and O–H groups in total. The van der Waals surface area contributed by atoms with Crippen LogP contribution in [0.2, 0.25) is 0 Å². The number of nitrogens with zero attached hydrogens (tertiary/aromatic N) is 4. The molecule has 2 aromatic rings. The highest BCUT2D eigenvalue weighted by Crippen LogP contribution is 2.18. The molecule has 0 saturated carbocycles. The number of benzene rings is 1. The lowest BCUT2D eigenvalue weighted by molar-refractivity contribution is -0.130. The number of ether oxygens (including phenoxy) is 1. The van der Waals surface area contributed by atoms with Crippen molar-refractivity contribution in [2.24, 2.45) is 7.05 Å². The average Bonchev–Trinajstić information content (AvgIpc) is 2.89. The number of imidazole rings is 1. The lowest BCUT2D eigenvalue weighted by Gasteiger charge is -2.21. The van der Waals surface area contributed by atoms with Crippen molar-refractivity contribution < 1.29 is 17.9 Å². The Bertz CT molecular complexity index is 934. The van der Waals surface area contributed by atoms with Crippen LogP contribution in [0.15, 0.2) is 35.5 Å². The zero-order valence-electron chi connectivity index (χ0n) is 17.2. The highest BCUT2D eigenvalue weighted by Gasteiger charge is 2.30. The molecule has 1 fully saturated rings. The molecule has 0 bridgehead atoms. The van der Waals surface area contributed by atoms with E-state index in [0.717, 1.165) is 11.3 Å². The lowest BCUT2D eigenvalue weighted by Crippen LogP contribution is -2.38. The van der Waals surface area contributed by atoms with E-state index in [2.05, 4.69) is 4.98 Å². The van der Waals surface area contributed by atoms with Crippen molar-refractivity contribution in [1.29, 1.82) is 0 Å². The van der Waals surface area contributed by atoms with Crippen molar-refractivity contribution in [1.82, 2.24) is 18.8 Å². The lowest BCUT2D eigenvalue weighted by atomic mass is 10.1. The third-order valence-electron chi connectivity index (χ3n) is 5.09. The minimum absolute atomic E-state index is 0.00193. The van der Waals surface area contributed by atoms with Gasteiger partial charge >= 0.3 is 0 Å². The van der Waals surface area contributed by atoms with E-state index < -0.39 is 10.0 Å². The van der Waals surface area contributed by atoms with E-state index in [1.54, 1.807) is 23.4 Å². The number of carbonyl (C=O) groups is 1. The number of hydrogen-bond acceptors (Lipinski definition) is 5. The van der Waals surface area contributed by atoms with Crippen LogP contribution in [0.5, 0.6) is 5.75 Å². The number of hydrogen-bond donors (Lipinski definition) is 0. The van der Waals surface area contributed by atoms with Gasteiger partial charge in [0.1, 0.15) is 11.6 Å². The Balaban J connectivity index is 1.62. The normalized spacial score (nSPS) is 15.9. The van der Waals surface area contributed by atoms with Gasteiger partial charge in [-0.1, -0.05) is 12.1 Å². The van der Waals surface area contributed by atoms with Gasteiger partial charge < -0.3 is 14.2 Å². The number of amides is 1. The van der Waals surface area contributed by atoms with E-state index >= 15 is 0 Å². The smallest absolute Gasteiger partial charge is 0.262 e. The summed E-state index contributed by atoms with van der Waals surface area (Å²) < 4.78 is 34.3. The second-order valence-electron chi connectivity index (χ2n) is 7.13. The SMILES string of the molecule is CCOc1ccc(CC(=O)N2CCCN(S(=O)(=O)c3cn(C)c(C)n3)CC2)cc1. The molecule has 2 heterocycles. The minimum atomic E-state index is -3.66. The van der Waals surface area contributed by atoms with E-state index in [-0.39, 0.29) is 17.5 Å². The van der Waals surface area contributed by atoms with E-state index in [1.807, 2.05) is 31.2 Å². The number of aryl methyl sites for hydroxylation is 2. The van der Waals surface area contributed by atoms with Crippen LogP contribution >= 0.6 is 0 Å². The summed E-state index contributed by atoms with van der Waals surface area (Å²) in [6.07, 6.45) is 2.42. The van der Waals surface area contributed by atoms with Crippen molar-refractivity contribution >= 4 is 15.9 Å². The zero-order valence-corrected chi connectivity index (χ0v) is 18.0. The Morgan fingerprint density at radius 2 is 1.86 bits per heavy atom. The number of aromatic nitrogens is 2. The fourth-order valence-electron chi connectivity index (χ4n) is 3.32. The van der Waals surface area contributed by atoms with Gasteiger partial charge in [0.25, 0.3) is 10.0 Å². The topological polar surface area (TPSA) is 84.7 Å². The molecule has 0 radical (unpaired) electrons. The molecule has 9 heteroatoms. The van der Waals surface area contributed by atoms with Crippen LogP contribution < -0.4 is 4.74 Å². The Morgan fingerprint density at radius 1 is 1.14 bits per heavy atom. The van der Waals surface area contributed by atoms with Gasteiger partial charge in [-0.15, -0.1) is 0 Å². The van der Waals surface area contributed by atoms with Crippen LogP contribution in [-0.2, 0) is 28.3 Å². The van der Waals surface area contributed by atoms with Gasteiger partial charge in [0, 0.05) is 39.4 Å². The molecule has 1 aliphatic rings. The summed E-state index contributed by atoms with van der Waals surface area (Å²) in [4.78, 5) is 18.6. The van der Waals surface area contributed by atoms with Gasteiger partial charge in [-0.3, -0.25) is 4.79 Å². The summed E-state index contributed by atoms with van der Waals surface area (Å²) in [5, 5.41) is 0.0617. The minimum Gasteiger partial charge on any atom is -0.494 e. The Hall–Kier alpha value is -2.39. The van der Waals surface area contributed by atoms with Crippen LogP contribution in [0.1, 0.15) is 24.7 Å². The summed E-state index contributed by atoms with van der Waals surface area (Å²) >= 11 is 0. The molecule has 1 aromatic heterocycles. The summed E-state index contributed by atoms with van der Waals surface area (Å²) in [5.41, 5.74) is 0.913. The third-order valence-corrected chi connectivity index (χ3v) is 6.86. The van der Waals surface area contributed by atoms with Gasteiger partial charge in [-0.25, -0.2) is 13.4 Å². The molecular weight excluding hydrogens is 392 g/mol. The summed E-state index contributed by atoms with van der Waals surface area (Å²) in [6, 6.07) is 7.50. The molecule has 0 unspecified atom stereocenters. The highest BCUT2D eigenvalue weighted by atomic mass is 32.2. The summed E-state index contributed by atoms with van der Waals surface area (Å²) in [7, 11) is -1.89. The standard InChI is InChI=1S/C20H28N4O4S/c1-4-28-18-8-6-17(7-9-18)14-20(25)23-10-5-11-24(13-12-23)29(26,27)19-15-22(3)16(2)21-19/h6-9,15H,4-5,10-14H2,1-3H3. The molecule has 8 nitrogen and oxygen atoms in total. The number of rotatable bonds is 6. The summed E-state index contributed by atoms with van der Waals surface area (Å²) in [5.74, 6) is 1.43. The van der Waals surface area contributed by atoms with Crippen molar-refractivity contribution in [2.75, 3.05) is 32.8 Å². The Morgan fingerprint density at radius 3 is 2.48 bits per heavy atom. The summed E-state index contributed by atoms with van der Waals surface area (Å²) in [6.45, 7) is 5.86. The molecule has 0 aliphatic carbocycles. The van der Waals surface area contributed by atoms with Crippen molar-refractivity contribution in [2.45, 2.75) is 31.7 Å². The molecule has 1 aromatic carbocycles. The second-order valence-corrected chi connectivity index (χ2v) is 9.01. The molecule has 3 rings (SSSR count). The van der Waals surface area contributed by atoms with Crippen molar-refractivity contribution in [3.05, 3.63) is 41.9 Å². The Kier molecular flexibility index (Phi) is 6.59. The van der Waals surface area contributed by atoms with Crippen molar-refractivity contribution in [3.8, 4) is 5.75 Å². The predicted octanol–water partition coefficient (Wildman–Crippen LogP) is 1.59. The van der Waals surface area contributed by atoms with E-state index in [1.165, 1.54) is 10.5 Å². The molecule has 0 atom stereocenters. The quantitative estimate of drug-likeness (QED) is 0.709. The molecule has 29 heavy (non-hydrogen) atoms. The first kappa shape index (κ1) is 21.3. The van der Waals surface area contributed by atoms with E-state index in [4.69, 9.17) is 4.74 Å². The van der Waals surface area contributed by atoms with Gasteiger partial charge in [-0.05, 0) is 38.0 Å². The number of sulfonamides is 1. The van der Waals surface area contributed by atoms with Crippen LogP contribution in [0.3, 0.4) is 0 Å². The Labute approximate surface area is 172 Å². The van der Waals surface area contributed by atoms with E-state index in [9.17, 15) is 13.2 Å². The monoisotopic (exact) mass is 420 g/mol. The van der Waals surface area contributed by atoms with Gasteiger partial charge in [-0.2, -0.15) is 4.31 Å². The fourth-order valence-corrected chi connectivity index (χ4v) is 4.82. The largest absolute Gasteiger partial charge is 0.494 e. The average molecular weight is 421 g/mol. The molecular formula is C20H28N4O4S. The highest BCUT2D eigenvalue weighted by molar-refractivity contribution is 7.89. The third kappa shape index (κ3) is 4.97. The first-order valence-electron chi connectivity index (χ1n) is 9.81. The van der Waals surface area contributed by atoms with Crippen LogP contribution in [0, 0.1) is 6.92 Å². The van der Waals surface area contributed by atoms with Gasteiger partial charge in [0.15, 0.2) is 5.03 Å². The van der Waals surface area contributed by atoms with Gasteiger partial charge in [0.2, 0.25) is 5.91 Å². The molecule has 1 saturated heterocycles. The van der Waals surface area contributed by atoms with Gasteiger partial charge in [0.05, 0.1) is 13.0 Å². The first-order chi connectivity index (χ1) is 13.8. The van der Waals surface area contributed by atoms with Crippen LogP contribution in [0.25, 0.3) is 0 Å². The maximum Gasteiger partial charge on any atom is 0.262 e. The molecule has 158 valence electrons. The maximum absolute atomic E-state index is 12.9. The maximum atomic E-state index is 12.9. The number of carbonyl (C=O) groups excluding carboxylic acids is 1. The van der Waals surface area contributed by atoms with Crippen LogP contribution in [-0.4, -0.2) is 65.9 Å².